The minimum atomic E-state index is -5.08. The number of hydrogen-bond acceptors (Lipinski definition) is 9. The summed E-state index contributed by atoms with van der Waals surface area (Å²) in [4.78, 5) is 34.9. The van der Waals surface area contributed by atoms with Crippen molar-refractivity contribution in [2.75, 3.05) is 52.3 Å². The normalized spacial score (nSPS) is 13.5. The van der Waals surface area contributed by atoms with Gasteiger partial charge in [0.25, 0.3) is 0 Å². The molecule has 2 aromatic carbocycles. The van der Waals surface area contributed by atoms with E-state index in [1.54, 1.807) is 31.5 Å². The second-order valence-corrected chi connectivity index (χ2v) is 11.7. The van der Waals surface area contributed by atoms with Gasteiger partial charge in [-0.25, -0.2) is 19.2 Å². The number of carbonyl (C=O) groups is 2. The zero-order chi connectivity index (χ0) is 35.6. The number of aromatic nitrogens is 4. The first kappa shape index (κ1) is 36.8. The average Bonchev–Trinajstić information content (AvgIpc) is 3.63. The van der Waals surface area contributed by atoms with E-state index in [2.05, 4.69) is 20.2 Å². The molecule has 1 saturated heterocycles. The number of halogens is 4. The first-order valence-corrected chi connectivity index (χ1v) is 15.5. The lowest BCUT2D eigenvalue weighted by Crippen LogP contribution is -2.35. The number of H-pyrrole nitrogens is 1. The highest BCUT2D eigenvalue weighted by Gasteiger charge is 2.38. The molecule has 0 aliphatic carbocycles. The number of ether oxygens (including phenoxy) is 2. The van der Waals surface area contributed by atoms with Gasteiger partial charge in [-0.3, -0.25) is 9.89 Å². The van der Waals surface area contributed by atoms with Gasteiger partial charge in [0.1, 0.15) is 18.1 Å². The monoisotopic (exact) mass is 686 g/mol. The van der Waals surface area contributed by atoms with E-state index in [4.69, 9.17) is 19.4 Å². The summed E-state index contributed by atoms with van der Waals surface area (Å²) < 4.78 is 57.9. The molecular formula is C34H38F4N6O5. The summed E-state index contributed by atoms with van der Waals surface area (Å²) in [6, 6.07) is 15.0. The Kier molecular flexibility index (Phi) is 12.7. The summed E-state index contributed by atoms with van der Waals surface area (Å²) >= 11 is 0. The van der Waals surface area contributed by atoms with E-state index in [0.717, 1.165) is 42.6 Å². The molecule has 1 fully saturated rings. The molecule has 0 saturated carbocycles. The number of benzene rings is 2. The van der Waals surface area contributed by atoms with Gasteiger partial charge in [-0.1, -0.05) is 18.2 Å². The second-order valence-electron chi connectivity index (χ2n) is 11.7. The largest absolute Gasteiger partial charge is 0.497 e. The molecule has 49 heavy (non-hydrogen) atoms. The number of nitrogens with zero attached hydrogens (tertiary/aromatic N) is 5. The molecule has 3 heterocycles. The number of rotatable bonds is 12. The molecule has 262 valence electrons. The molecule has 15 heteroatoms. The third kappa shape index (κ3) is 10.7. The van der Waals surface area contributed by atoms with Crippen LogP contribution >= 0.6 is 0 Å². The zero-order valence-electron chi connectivity index (χ0n) is 27.3. The van der Waals surface area contributed by atoms with E-state index in [1.165, 1.54) is 6.20 Å². The number of ketones is 1. The van der Waals surface area contributed by atoms with Crippen LogP contribution in [0.4, 0.5) is 23.4 Å². The van der Waals surface area contributed by atoms with Gasteiger partial charge >= 0.3 is 12.1 Å². The summed E-state index contributed by atoms with van der Waals surface area (Å²) in [7, 11) is 5.56. The number of anilines is 1. The summed E-state index contributed by atoms with van der Waals surface area (Å²) in [6.45, 7) is 2.64. The van der Waals surface area contributed by atoms with E-state index < -0.39 is 18.0 Å². The maximum atomic E-state index is 14.9. The van der Waals surface area contributed by atoms with Gasteiger partial charge in [-0.2, -0.15) is 18.3 Å². The summed E-state index contributed by atoms with van der Waals surface area (Å²) in [5.74, 6) is -0.713. The molecule has 2 aromatic heterocycles. The topological polar surface area (TPSA) is 134 Å². The van der Waals surface area contributed by atoms with Gasteiger partial charge in [0.2, 0.25) is 0 Å². The molecule has 0 bridgehead atoms. The van der Waals surface area contributed by atoms with Crippen LogP contribution in [0.25, 0.3) is 22.6 Å². The van der Waals surface area contributed by atoms with Crippen LogP contribution in [0.1, 0.15) is 36.0 Å². The molecule has 0 unspecified atom stereocenters. The van der Waals surface area contributed by atoms with Crippen molar-refractivity contribution in [2.45, 2.75) is 31.9 Å². The van der Waals surface area contributed by atoms with Gasteiger partial charge in [-0.05, 0) is 63.5 Å². The first-order valence-electron chi connectivity index (χ1n) is 15.5. The van der Waals surface area contributed by atoms with Crippen molar-refractivity contribution in [3.05, 3.63) is 72.3 Å². The fraction of sp³-hybridized carbons (Fsp3) is 0.382. The van der Waals surface area contributed by atoms with E-state index in [1.807, 2.05) is 54.2 Å². The van der Waals surface area contributed by atoms with E-state index in [9.17, 15) is 22.4 Å². The van der Waals surface area contributed by atoms with Crippen LogP contribution in [0.2, 0.25) is 0 Å². The minimum Gasteiger partial charge on any atom is -0.497 e. The molecule has 0 radical (unpaired) electrons. The number of piperidine rings is 1. The number of aromatic amines is 1. The van der Waals surface area contributed by atoms with Crippen molar-refractivity contribution >= 4 is 17.6 Å². The molecule has 0 spiro atoms. The van der Waals surface area contributed by atoms with Crippen molar-refractivity contribution in [1.82, 2.24) is 25.1 Å². The number of alkyl halides is 3. The number of methoxy groups -OCH3 is 1. The van der Waals surface area contributed by atoms with Crippen LogP contribution < -0.4 is 14.4 Å². The van der Waals surface area contributed by atoms with Crippen molar-refractivity contribution in [3.63, 3.8) is 0 Å². The first-order chi connectivity index (χ1) is 23.3. The number of nitrogens with one attached hydrogen (secondary N) is 1. The van der Waals surface area contributed by atoms with Crippen LogP contribution in [-0.4, -0.2) is 95.5 Å². The summed E-state index contributed by atoms with van der Waals surface area (Å²) in [5.41, 5.74) is 3.25. The third-order valence-electron chi connectivity index (χ3n) is 7.84. The Balaban J connectivity index is 0.000000698. The fourth-order valence-electron chi connectivity index (χ4n) is 5.15. The highest BCUT2D eigenvalue weighted by molar-refractivity contribution is 5.96. The molecule has 11 nitrogen and oxygen atoms in total. The lowest BCUT2D eigenvalue weighted by Gasteiger charge is -2.33. The van der Waals surface area contributed by atoms with E-state index in [-0.39, 0.29) is 5.78 Å². The maximum absolute atomic E-state index is 14.9. The molecule has 2 N–H and O–H groups in total. The van der Waals surface area contributed by atoms with Gasteiger partial charge in [0.15, 0.2) is 23.2 Å². The molecule has 0 atom stereocenters. The Bertz CT molecular complexity index is 1690. The van der Waals surface area contributed by atoms with E-state index in [0.29, 0.717) is 60.7 Å². The van der Waals surface area contributed by atoms with Crippen LogP contribution in [0, 0.1) is 11.7 Å². The minimum absolute atomic E-state index is 0.0673. The number of aliphatic carboxylic acids is 1. The van der Waals surface area contributed by atoms with E-state index >= 15 is 0 Å². The number of carboxylic acid groups (broad SMARTS) is 1. The second kappa shape index (κ2) is 16.9. The van der Waals surface area contributed by atoms with Crippen molar-refractivity contribution in [2.24, 2.45) is 5.92 Å². The maximum Gasteiger partial charge on any atom is 0.490 e. The third-order valence-corrected chi connectivity index (χ3v) is 7.84. The molecule has 1 aliphatic rings. The lowest BCUT2D eigenvalue weighted by atomic mass is 9.90. The SMILES string of the molecule is COc1cc(OCCN(C)C)cc(C(=O)CCC2CCN(c3nc(-c4cccc(-c5ccn[nH]5)c4)ncc3F)CC2)c1.O=C(O)C(F)(F)F. The number of carboxylic acids is 1. The number of hydrogen-bond donors (Lipinski definition) is 2. The van der Waals surface area contributed by atoms with Crippen LogP contribution in [0.5, 0.6) is 11.5 Å². The quantitative estimate of drug-likeness (QED) is 0.132. The summed E-state index contributed by atoms with van der Waals surface area (Å²) in [5, 5.41) is 14.1. The van der Waals surface area contributed by atoms with Gasteiger partial charge in [0, 0.05) is 55.0 Å². The molecule has 4 aromatic rings. The number of carbonyl (C=O) groups excluding carboxylic acids is 1. The highest BCUT2D eigenvalue weighted by Crippen LogP contribution is 2.30. The Labute approximate surface area is 280 Å². The van der Waals surface area contributed by atoms with Crippen molar-refractivity contribution in [3.8, 4) is 34.1 Å². The highest BCUT2D eigenvalue weighted by atomic mass is 19.4. The van der Waals surface area contributed by atoms with Crippen LogP contribution in [0.15, 0.2) is 60.9 Å². The predicted octanol–water partition coefficient (Wildman–Crippen LogP) is 6.13. The lowest BCUT2D eigenvalue weighted by molar-refractivity contribution is -0.192. The van der Waals surface area contributed by atoms with Gasteiger partial charge in [0.05, 0.1) is 19.0 Å². The number of Topliss-reactive ketones (excluding diaryl/α,β-unsaturated/α-hetero) is 1. The van der Waals surface area contributed by atoms with Crippen LogP contribution in [0.3, 0.4) is 0 Å². The zero-order valence-corrected chi connectivity index (χ0v) is 27.3. The number of likely N-dealkylation sites (N-methyl/N-ethyl adjacent to an activating group) is 1. The molecular weight excluding hydrogens is 648 g/mol. The fourth-order valence-corrected chi connectivity index (χ4v) is 5.15. The van der Waals surface area contributed by atoms with Gasteiger partial charge < -0.3 is 24.4 Å². The molecule has 1 aliphatic heterocycles. The predicted molar refractivity (Wildman–Crippen MR) is 174 cm³/mol. The average molecular weight is 687 g/mol. The Hall–Kier alpha value is -5.05. The standard InChI is InChI=1S/C32H37FN6O3.C2HF3O2/c1-38(2)15-16-42-27-19-25(18-26(20-27)41-3)30(40)8-7-22-10-13-39(14-11-22)32-28(33)21-34-31(36-32)24-6-4-5-23(17-24)29-9-12-35-37-29;3-2(4,5)1(6)7/h4-6,9,12,17-22H,7-8,10-11,13-16H2,1-3H3,(H,35,37);(H,6,7). The molecule has 5 rings (SSSR count). The Morgan fingerprint density at radius 1 is 1.06 bits per heavy atom. The van der Waals surface area contributed by atoms with Gasteiger partial charge in [-0.15, -0.1) is 0 Å². The van der Waals surface area contributed by atoms with Crippen molar-refractivity contribution in [1.29, 1.82) is 0 Å². The Morgan fingerprint density at radius 2 is 1.76 bits per heavy atom. The summed E-state index contributed by atoms with van der Waals surface area (Å²) in [6.07, 6.45) is 0.799. The van der Waals surface area contributed by atoms with Crippen molar-refractivity contribution < 1.29 is 41.7 Å². The molecule has 0 amide bonds. The Morgan fingerprint density at radius 3 is 2.39 bits per heavy atom. The smallest absolute Gasteiger partial charge is 0.490 e. The van der Waals surface area contributed by atoms with Crippen LogP contribution in [-0.2, 0) is 4.79 Å².